The number of phenolic OH excluding ortho intramolecular Hbond substituents is 2. The van der Waals surface area contributed by atoms with Gasteiger partial charge in [-0.1, -0.05) is 6.42 Å². The lowest BCUT2D eigenvalue weighted by Crippen LogP contribution is -2.36. The van der Waals surface area contributed by atoms with E-state index < -0.39 is 12.1 Å². The molecule has 0 amide bonds. The van der Waals surface area contributed by atoms with Crippen LogP contribution in [0.15, 0.2) is 18.2 Å². The van der Waals surface area contributed by atoms with Gasteiger partial charge < -0.3 is 21.1 Å². The molecule has 1 aromatic carbocycles. The minimum atomic E-state index is -0.602. The molecule has 1 aromatic rings. The molecule has 2 rings (SSSR count). The third-order valence-electron chi connectivity index (χ3n) is 3.31. The molecule has 2 atom stereocenters. The van der Waals surface area contributed by atoms with Gasteiger partial charge in [-0.05, 0) is 36.5 Å². The molecule has 1 saturated carbocycles. The molecular formula is C12H18ClNO3. The zero-order valence-electron chi connectivity index (χ0n) is 9.41. The third kappa shape index (κ3) is 3.03. The molecule has 1 aliphatic rings. The Balaban J connectivity index is 0.00000144. The van der Waals surface area contributed by atoms with E-state index in [9.17, 15) is 15.3 Å². The quantitative estimate of drug-likeness (QED) is 0.665. The Kier molecular flexibility index (Phi) is 4.62. The van der Waals surface area contributed by atoms with Crippen molar-refractivity contribution < 1.29 is 15.3 Å². The van der Waals surface area contributed by atoms with Crippen LogP contribution < -0.4 is 5.73 Å². The summed E-state index contributed by atoms with van der Waals surface area (Å²) in [4.78, 5) is 0. The third-order valence-corrected chi connectivity index (χ3v) is 3.31. The Morgan fingerprint density at radius 1 is 1.12 bits per heavy atom. The molecule has 1 fully saturated rings. The van der Waals surface area contributed by atoms with Crippen LogP contribution in [-0.2, 0) is 0 Å². The van der Waals surface area contributed by atoms with Gasteiger partial charge in [0.2, 0.25) is 0 Å². The smallest absolute Gasteiger partial charge is 0.119 e. The van der Waals surface area contributed by atoms with E-state index in [1.165, 1.54) is 18.2 Å². The maximum Gasteiger partial charge on any atom is 0.119 e. The fourth-order valence-electron chi connectivity index (χ4n) is 2.08. The fourth-order valence-corrected chi connectivity index (χ4v) is 2.08. The monoisotopic (exact) mass is 259 g/mol. The second-order valence-corrected chi connectivity index (χ2v) is 4.49. The van der Waals surface area contributed by atoms with Gasteiger partial charge in [0.05, 0.1) is 12.1 Å². The lowest BCUT2D eigenvalue weighted by molar-refractivity contribution is 0.0413. The first kappa shape index (κ1) is 14.1. The Morgan fingerprint density at radius 3 is 2.06 bits per heavy atom. The summed E-state index contributed by atoms with van der Waals surface area (Å²) in [5, 5.41) is 28.7. The van der Waals surface area contributed by atoms with E-state index in [1.807, 2.05) is 0 Å². The van der Waals surface area contributed by atoms with E-state index in [0.29, 0.717) is 5.56 Å². The average molecular weight is 260 g/mol. The van der Waals surface area contributed by atoms with Gasteiger partial charge >= 0.3 is 0 Å². The van der Waals surface area contributed by atoms with Gasteiger partial charge in [-0.3, -0.25) is 0 Å². The van der Waals surface area contributed by atoms with Crippen molar-refractivity contribution in [2.75, 3.05) is 0 Å². The van der Waals surface area contributed by atoms with Crippen molar-refractivity contribution in [3.8, 4) is 11.5 Å². The number of hydrogen-bond donors (Lipinski definition) is 4. The van der Waals surface area contributed by atoms with E-state index >= 15 is 0 Å². The van der Waals surface area contributed by atoms with Crippen molar-refractivity contribution in [3.05, 3.63) is 23.8 Å². The van der Waals surface area contributed by atoms with Crippen molar-refractivity contribution in [2.24, 2.45) is 11.7 Å². The van der Waals surface area contributed by atoms with Crippen LogP contribution in [0.3, 0.4) is 0 Å². The van der Waals surface area contributed by atoms with Gasteiger partial charge in [0, 0.05) is 6.07 Å². The summed E-state index contributed by atoms with van der Waals surface area (Å²) in [5.74, 6) is 0.178. The van der Waals surface area contributed by atoms with Crippen LogP contribution in [0.2, 0.25) is 0 Å². The van der Waals surface area contributed by atoms with Gasteiger partial charge in [0.1, 0.15) is 11.5 Å². The molecule has 1 aliphatic carbocycles. The first-order valence-electron chi connectivity index (χ1n) is 5.54. The predicted molar refractivity (Wildman–Crippen MR) is 67.3 cm³/mol. The average Bonchev–Trinajstić information content (AvgIpc) is 2.12. The number of nitrogens with two attached hydrogens (primary N) is 1. The summed E-state index contributed by atoms with van der Waals surface area (Å²) in [6.07, 6.45) is 2.54. The summed E-state index contributed by atoms with van der Waals surface area (Å²) in [6, 6.07) is 3.65. The van der Waals surface area contributed by atoms with Crippen LogP contribution in [-0.4, -0.2) is 21.4 Å². The number of aliphatic hydroxyl groups is 1. The highest BCUT2D eigenvalue weighted by Gasteiger charge is 2.30. The van der Waals surface area contributed by atoms with Crippen LogP contribution in [0.4, 0.5) is 0 Å². The molecule has 0 bridgehead atoms. The molecule has 5 N–H and O–H groups in total. The second-order valence-electron chi connectivity index (χ2n) is 4.49. The first-order valence-corrected chi connectivity index (χ1v) is 5.54. The highest BCUT2D eigenvalue weighted by molar-refractivity contribution is 5.85. The number of aliphatic hydroxyl groups excluding tert-OH is 1. The molecule has 4 nitrogen and oxygen atoms in total. The van der Waals surface area contributed by atoms with Crippen LogP contribution in [0, 0.1) is 5.92 Å². The Labute approximate surface area is 106 Å². The van der Waals surface area contributed by atoms with Gasteiger partial charge in [-0.2, -0.15) is 0 Å². The molecule has 5 heteroatoms. The lowest BCUT2D eigenvalue weighted by Gasteiger charge is -2.33. The zero-order valence-corrected chi connectivity index (χ0v) is 10.2. The van der Waals surface area contributed by atoms with Crippen molar-refractivity contribution in [3.63, 3.8) is 0 Å². The van der Waals surface area contributed by atoms with Crippen LogP contribution >= 0.6 is 12.4 Å². The van der Waals surface area contributed by atoms with Gasteiger partial charge in [0.15, 0.2) is 0 Å². The van der Waals surface area contributed by atoms with Crippen molar-refractivity contribution >= 4 is 12.4 Å². The molecule has 96 valence electrons. The molecular weight excluding hydrogens is 242 g/mol. The van der Waals surface area contributed by atoms with Crippen LogP contribution in [0.1, 0.15) is 30.9 Å². The van der Waals surface area contributed by atoms with Crippen LogP contribution in [0.25, 0.3) is 0 Å². The summed E-state index contributed by atoms with van der Waals surface area (Å²) in [6.45, 7) is 0. The number of hydrogen-bond acceptors (Lipinski definition) is 4. The van der Waals surface area contributed by atoms with E-state index in [-0.39, 0.29) is 29.8 Å². The molecule has 0 unspecified atom stereocenters. The largest absolute Gasteiger partial charge is 0.508 e. The minimum absolute atomic E-state index is 0. The summed E-state index contributed by atoms with van der Waals surface area (Å²) in [5.41, 5.74) is 6.48. The summed E-state index contributed by atoms with van der Waals surface area (Å²) < 4.78 is 0. The first-order chi connectivity index (χ1) is 7.58. The predicted octanol–water partition coefficient (Wildman–Crippen LogP) is 1.68. The number of benzene rings is 1. The Morgan fingerprint density at radius 2 is 1.65 bits per heavy atom. The molecule has 0 spiro atoms. The Hall–Kier alpha value is -0.970. The Bertz CT molecular complexity index is 362. The zero-order chi connectivity index (χ0) is 11.7. The van der Waals surface area contributed by atoms with E-state index in [4.69, 9.17) is 5.73 Å². The highest BCUT2D eigenvalue weighted by atomic mass is 35.5. The maximum atomic E-state index is 9.98. The fraction of sp³-hybridized carbons (Fsp3) is 0.500. The number of aromatic hydroxyl groups is 2. The highest BCUT2D eigenvalue weighted by Crippen LogP contribution is 2.35. The summed E-state index contributed by atoms with van der Waals surface area (Å²) >= 11 is 0. The van der Waals surface area contributed by atoms with Crippen molar-refractivity contribution in [1.29, 1.82) is 0 Å². The second kappa shape index (κ2) is 5.58. The molecule has 0 heterocycles. The van der Waals surface area contributed by atoms with Crippen molar-refractivity contribution in [1.82, 2.24) is 0 Å². The molecule has 0 radical (unpaired) electrons. The number of phenols is 2. The van der Waals surface area contributed by atoms with Gasteiger partial charge in [-0.25, -0.2) is 0 Å². The van der Waals surface area contributed by atoms with E-state index in [1.54, 1.807) is 0 Å². The molecule has 17 heavy (non-hydrogen) atoms. The lowest BCUT2D eigenvalue weighted by atomic mass is 9.77. The SMILES string of the molecule is Cl.N[C@H](c1cc(O)cc(O)c1)[C@@H](O)C1CCC1. The van der Waals surface area contributed by atoms with Crippen molar-refractivity contribution in [2.45, 2.75) is 31.4 Å². The van der Waals surface area contributed by atoms with E-state index in [2.05, 4.69) is 0 Å². The molecule has 0 saturated heterocycles. The normalized spacial score (nSPS) is 18.9. The number of rotatable bonds is 3. The van der Waals surface area contributed by atoms with Crippen LogP contribution in [0.5, 0.6) is 11.5 Å². The minimum Gasteiger partial charge on any atom is -0.508 e. The van der Waals surface area contributed by atoms with Gasteiger partial charge in [-0.15, -0.1) is 12.4 Å². The summed E-state index contributed by atoms with van der Waals surface area (Å²) in [7, 11) is 0. The maximum absolute atomic E-state index is 9.98. The van der Waals surface area contributed by atoms with Gasteiger partial charge in [0.25, 0.3) is 0 Å². The molecule has 0 aromatic heterocycles. The standard InChI is InChI=1S/C12H17NO3.ClH/c13-11(12(16)7-2-1-3-7)8-4-9(14)6-10(15)5-8;/h4-7,11-12,14-16H,1-3,13H2;1H/t11-,12+;/m1./s1. The topological polar surface area (TPSA) is 86.7 Å². The number of halogens is 1. The molecule has 0 aliphatic heterocycles. The van der Waals surface area contributed by atoms with E-state index in [0.717, 1.165) is 19.3 Å².